The maximum Gasteiger partial charge on any atom is 0.337 e. The summed E-state index contributed by atoms with van der Waals surface area (Å²) < 4.78 is 15.7. The van der Waals surface area contributed by atoms with E-state index in [4.69, 9.17) is 14.2 Å². The zero-order valence-electron chi connectivity index (χ0n) is 20.4. The lowest BCUT2D eigenvalue weighted by atomic mass is 9.97. The van der Waals surface area contributed by atoms with Gasteiger partial charge >= 0.3 is 5.97 Å². The molecule has 0 amide bonds. The Morgan fingerprint density at radius 3 is 2.11 bits per heavy atom. The Bertz CT molecular complexity index is 1060. The van der Waals surface area contributed by atoms with Crippen LogP contribution in [-0.2, 0) is 14.2 Å². The van der Waals surface area contributed by atoms with E-state index in [-0.39, 0.29) is 5.97 Å². The third-order valence-electron chi connectivity index (χ3n) is 6.31. The maximum atomic E-state index is 11.6. The minimum atomic E-state index is -0.346. The van der Waals surface area contributed by atoms with Crippen molar-refractivity contribution in [2.75, 3.05) is 52.0 Å². The first kappa shape index (κ1) is 25.3. The lowest BCUT2D eigenvalue weighted by Gasteiger charge is -2.33. The zero-order chi connectivity index (χ0) is 24.5. The van der Waals surface area contributed by atoms with Gasteiger partial charge in [0.2, 0.25) is 0 Å². The summed E-state index contributed by atoms with van der Waals surface area (Å²) in [7, 11) is 3.12. The van der Waals surface area contributed by atoms with Crippen molar-refractivity contribution in [2.24, 2.45) is 5.92 Å². The summed E-state index contributed by atoms with van der Waals surface area (Å²) in [6.07, 6.45) is 4.45. The van der Waals surface area contributed by atoms with E-state index in [0.717, 1.165) is 79.7 Å². The van der Waals surface area contributed by atoms with Crippen molar-refractivity contribution < 1.29 is 19.0 Å². The highest BCUT2D eigenvalue weighted by atomic mass is 32.1. The number of nitrogens with zero attached hydrogens (tertiary/aromatic N) is 3. The number of piperidine rings is 1. The van der Waals surface area contributed by atoms with Crippen molar-refractivity contribution in [3.8, 4) is 21.1 Å². The van der Waals surface area contributed by atoms with Crippen LogP contribution in [0.5, 0.6) is 0 Å². The van der Waals surface area contributed by atoms with Crippen LogP contribution < -0.4 is 4.90 Å². The molecule has 2 heterocycles. The molecule has 0 saturated carbocycles. The Kier molecular flexibility index (Phi) is 9.22. The predicted octanol–water partition coefficient (Wildman–Crippen LogP) is 5.32. The van der Waals surface area contributed by atoms with E-state index in [2.05, 4.69) is 39.4 Å². The average molecular weight is 496 g/mol. The average Bonchev–Trinajstić information content (AvgIpc) is 3.41. The van der Waals surface area contributed by atoms with Crippen molar-refractivity contribution in [1.29, 1.82) is 0 Å². The number of anilines is 1. The minimum Gasteiger partial charge on any atom is -0.465 e. The molecule has 1 saturated heterocycles. The van der Waals surface area contributed by atoms with Gasteiger partial charge in [0.05, 0.1) is 12.7 Å². The van der Waals surface area contributed by atoms with Crippen molar-refractivity contribution >= 4 is 23.0 Å². The van der Waals surface area contributed by atoms with Gasteiger partial charge in [-0.3, -0.25) is 0 Å². The SMILES string of the molecule is COCCCCOCC1CCN(c2ccc(-c3nnc(-c4ccc(C(=O)OC)cc4)s3)cc2)CC1. The Morgan fingerprint density at radius 1 is 0.914 bits per heavy atom. The summed E-state index contributed by atoms with van der Waals surface area (Å²) in [6, 6.07) is 15.8. The standard InChI is InChI=1S/C27H33N3O4S/c1-32-17-3-4-18-34-19-20-13-15-30(16-14-20)24-11-9-22(10-12-24)26-29-28-25(35-26)21-5-7-23(8-6-21)27(31)33-2/h5-12,20H,3-4,13-19H2,1-2H3. The Labute approximate surface area is 211 Å². The Balaban J connectivity index is 1.27. The fourth-order valence-corrected chi connectivity index (χ4v) is 5.05. The van der Waals surface area contributed by atoms with Gasteiger partial charge in [-0.2, -0.15) is 0 Å². The summed E-state index contributed by atoms with van der Waals surface area (Å²) in [5, 5.41) is 10.4. The molecule has 0 radical (unpaired) electrons. The molecule has 0 N–H and O–H groups in total. The molecule has 7 nitrogen and oxygen atoms in total. The predicted molar refractivity (Wildman–Crippen MR) is 139 cm³/mol. The molecule has 35 heavy (non-hydrogen) atoms. The highest BCUT2D eigenvalue weighted by Gasteiger charge is 2.20. The topological polar surface area (TPSA) is 73.8 Å². The number of esters is 1. The van der Waals surface area contributed by atoms with Gasteiger partial charge in [-0.25, -0.2) is 4.79 Å². The number of unbranched alkanes of at least 4 members (excludes halogenated alkanes) is 1. The van der Waals surface area contributed by atoms with E-state index in [1.165, 1.54) is 12.8 Å². The quantitative estimate of drug-likeness (QED) is 0.263. The van der Waals surface area contributed by atoms with Gasteiger partial charge in [0.1, 0.15) is 10.0 Å². The number of carbonyl (C=O) groups excluding carboxylic acids is 1. The smallest absolute Gasteiger partial charge is 0.337 e. The third-order valence-corrected chi connectivity index (χ3v) is 7.33. The third kappa shape index (κ3) is 6.87. The zero-order valence-corrected chi connectivity index (χ0v) is 21.3. The highest BCUT2D eigenvalue weighted by Crippen LogP contribution is 2.32. The van der Waals surface area contributed by atoms with E-state index in [1.807, 2.05) is 12.1 Å². The second-order valence-corrected chi connectivity index (χ2v) is 9.71. The molecule has 3 aromatic rings. The van der Waals surface area contributed by atoms with Crippen LogP contribution in [0.3, 0.4) is 0 Å². The summed E-state index contributed by atoms with van der Waals surface area (Å²) in [5.41, 5.74) is 3.75. The normalized spacial score (nSPS) is 14.3. The van der Waals surface area contributed by atoms with Gasteiger partial charge in [-0.05, 0) is 68.0 Å². The molecule has 4 rings (SSSR count). The van der Waals surface area contributed by atoms with Gasteiger partial charge in [0, 0.05) is 56.8 Å². The van der Waals surface area contributed by atoms with Crippen LogP contribution in [0.25, 0.3) is 21.1 Å². The molecule has 1 fully saturated rings. The molecule has 1 aromatic heterocycles. The van der Waals surface area contributed by atoms with Crippen molar-refractivity contribution in [2.45, 2.75) is 25.7 Å². The van der Waals surface area contributed by atoms with Crippen LogP contribution in [0.15, 0.2) is 48.5 Å². The number of methoxy groups -OCH3 is 2. The summed E-state index contributed by atoms with van der Waals surface area (Å²) >= 11 is 1.54. The van der Waals surface area contributed by atoms with Crippen LogP contribution in [0.2, 0.25) is 0 Å². The van der Waals surface area contributed by atoms with Crippen molar-refractivity contribution in [1.82, 2.24) is 10.2 Å². The van der Waals surface area contributed by atoms with Crippen LogP contribution in [0.4, 0.5) is 5.69 Å². The summed E-state index contributed by atoms with van der Waals surface area (Å²) in [6.45, 7) is 4.62. The fourth-order valence-electron chi connectivity index (χ4n) is 4.20. The van der Waals surface area contributed by atoms with Crippen LogP contribution in [0.1, 0.15) is 36.0 Å². The molecule has 0 aliphatic carbocycles. The van der Waals surface area contributed by atoms with Gasteiger partial charge in [-0.1, -0.05) is 23.5 Å². The molecule has 0 bridgehead atoms. The fraction of sp³-hybridized carbons (Fsp3) is 0.444. The summed E-state index contributed by atoms with van der Waals surface area (Å²) in [5.74, 6) is 0.301. The van der Waals surface area contributed by atoms with Crippen LogP contribution in [-0.4, -0.2) is 63.3 Å². The lowest BCUT2D eigenvalue weighted by molar-refractivity contribution is 0.0600. The monoisotopic (exact) mass is 495 g/mol. The highest BCUT2D eigenvalue weighted by molar-refractivity contribution is 7.17. The molecule has 0 atom stereocenters. The van der Waals surface area contributed by atoms with E-state index in [0.29, 0.717) is 11.5 Å². The first-order valence-electron chi connectivity index (χ1n) is 12.1. The van der Waals surface area contributed by atoms with E-state index in [1.54, 1.807) is 30.6 Å². The van der Waals surface area contributed by atoms with Crippen LogP contribution in [0, 0.1) is 5.92 Å². The molecule has 1 aliphatic rings. The molecular weight excluding hydrogens is 462 g/mol. The summed E-state index contributed by atoms with van der Waals surface area (Å²) in [4.78, 5) is 14.1. The maximum absolute atomic E-state index is 11.6. The largest absolute Gasteiger partial charge is 0.465 e. The Hall–Kier alpha value is -2.81. The number of carbonyl (C=O) groups is 1. The molecular formula is C27H33N3O4S. The van der Waals surface area contributed by atoms with Gasteiger partial charge in [0.15, 0.2) is 0 Å². The first-order valence-corrected chi connectivity index (χ1v) is 12.9. The second-order valence-electron chi connectivity index (χ2n) is 8.73. The van der Waals surface area contributed by atoms with Gasteiger partial charge in [0.25, 0.3) is 0 Å². The number of hydrogen-bond donors (Lipinski definition) is 0. The number of ether oxygens (including phenoxy) is 3. The minimum absolute atomic E-state index is 0.346. The number of rotatable bonds is 11. The van der Waals surface area contributed by atoms with Gasteiger partial charge < -0.3 is 19.1 Å². The van der Waals surface area contributed by atoms with Crippen LogP contribution >= 0.6 is 11.3 Å². The van der Waals surface area contributed by atoms with E-state index >= 15 is 0 Å². The second kappa shape index (κ2) is 12.8. The molecule has 1 aliphatic heterocycles. The molecule has 0 spiro atoms. The van der Waals surface area contributed by atoms with Crippen molar-refractivity contribution in [3.05, 3.63) is 54.1 Å². The Morgan fingerprint density at radius 2 is 1.51 bits per heavy atom. The first-order chi connectivity index (χ1) is 17.2. The number of aromatic nitrogens is 2. The van der Waals surface area contributed by atoms with E-state index < -0.39 is 0 Å². The lowest BCUT2D eigenvalue weighted by Crippen LogP contribution is -2.35. The number of hydrogen-bond acceptors (Lipinski definition) is 8. The van der Waals surface area contributed by atoms with Crippen molar-refractivity contribution in [3.63, 3.8) is 0 Å². The molecule has 8 heteroatoms. The molecule has 2 aromatic carbocycles. The molecule has 0 unspecified atom stereocenters. The number of benzene rings is 2. The van der Waals surface area contributed by atoms with E-state index in [9.17, 15) is 4.79 Å². The molecule has 186 valence electrons. The van der Waals surface area contributed by atoms with Gasteiger partial charge in [-0.15, -0.1) is 10.2 Å².